The highest BCUT2D eigenvalue weighted by atomic mass is 79.9. The van der Waals surface area contributed by atoms with Crippen LogP contribution in [0.5, 0.6) is 0 Å². The molecule has 0 aliphatic heterocycles. The molecule has 6 heteroatoms. The molecule has 2 rings (SSSR count). The van der Waals surface area contributed by atoms with E-state index >= 15 is 0 Å². The molecule has 0 spiro atoms. The van der Waals surface area contributed by atoms with Crippen molar-refractivity contribution in [3.8, 4) is 0 Å². The van der Waals surface area contributed by atoms with Crippen LogP contribution in [0.25, 0.3) is 0 Å². The second kappa shape index (κ2) is 5.88. The number of aliphatic hydroxyl groups excluding tert-OH is 1. The van der Waals surface area contributed by atoms with E-state index in [9.17, 15) is 9.90 Å². The molecule has 1 aromatic rings. The van der Waals surface area contributed by atoms with Crippen molar-refractivity contribution in [1.82, 2.24) is 9.88 Å². The number of pyridine rings is 1. The van der Waals surface area contributed by atoms with Gasteiger partial charge in [0, 0.05) is 31.3 Å². The minimum atomic E-state index is -0.186. The van der Waals surface area contributed by atoms with Gasteiger partial charge in [-0.2, -0.15) is 0 Å². The molecule has 1 aliphatic rings. The molecule has 2 N–H and O–H groups in total. The van der Waals surface area contributed by atoms with Crippen LogP contribution in [0.2, 0.25) is 0 Å². The first-order chi connectivity index (χ1) is 9.01. The minimum Gasteiger partial charge on any atom is -0.393 e. The Morgan fingerprint density at radius 2 is 2.32 bits per heavy atom. The van der Waals surface area contributed by atoms with Gasteiger partial charge in [-0.3, -0.25) is 4.79 Å². The van der Waals surface area contributed by atoms with Gasteiger partial charge >= 0.3 is 0 Å². The van der Waals surface area contributed by atoms with Crippen molar-refractivity contribution in [3.05, 3.63) is 22.3 Å². The largest absolute Gasteiger partial charge is 0.393 e. The van der Waals surface area contributed by atoms with Crippen LogP contribution < -0.4 is 5.32 Å². The maximum absolute atomic E-state index is 12.4. The van der Waals surface area contributed by atoms with Crippen LogP contribution in [-0.2, 0) is 0 Å². The molecule has 0 unspecified atom stereocenters. The van der Waals surface area contributed by atoms with Crippen molar-refractivity contribution < 1.29 is 9.90 Å². The van der Waals surface area contributed by atoms with Crippen molar-refractivity contribution in [2.24, 2.45) is 5.92 Å². The lowest BCUT2D eigenvalue weighted by Gasteiger charge is -2.34. The number of anilines is 1. The fourth-order valence-corrected chi connectivity index (χ4v) is 2.66. The lowest BCUT2D eigenvalue weighted by molar-refractivity contribution is 0.0265. The van der Waals surface area contributed by atoms with E-state index in [1.54, 1.807) is 31.3 Å². The molecule has 1 fully saturated rings. The van der Waals surface area contributed by atoms with Crippen LogP contribution in [0.1, 0.15) is 23.2 Å². The van der Waals surface area contributed by atoms with Gasteiger partial charge < -0.3 is 15.3 Å². The molecule has 1 heterocycles. The fraction of sp³-hybridized carbons (Fsp3) is 0.538. The van der Waals surface area contributed by atoms with E-state index in [0.717, 1.165) is 17.3 Å². The van der Waals surface area contributed by atoms with Gasteiger partial charge in [0.05, 0.1) is 11.7 Å². The second-order valence-electron chi connectivity index (χ2n) is 4.98. The Morgan fingerprint density at radius 3 is 2.89 bits per heavy atom. The van der Waals surface area contributed by atoms with Crippen LogP contribution in [0, 0.1) is 5.92 Å². The third-order valence-electron chi connectivity index (χ3n) is 3.41. The Bertz CT molecular complexity index is 475. The predicted molar refractivity (Wildman–Crippen MR) is 77.2 cm³/mol. The SMILES string of the molecule is CNc1ncc(Br)cc1C(=O)N(C)CC1CC(O)C1. The maximum atomic E-state index is 12.4. The molecule has 0 saturated heterocycles. The van der Waals surface area contributed by atoms with E-state index in [4.69, 9.17) is 0 Å². The molecule has 5 nitrogen and oxygen atoms in total. The molecule has 1 aromatic heterocycles. The maximum Gasteiger partial charge on any atom is 0.257 e. The number of aromatic nitrogens is 1. The molecule has 0 aromatic carbocycles. The zero-order valence-corrected chi connectivity index (χ0v) is 12.6. The number of hydrogen-bond donors (Lipinski definition) is 2. The van der Waals surface area contributed by atoms with E-state index in [2.05, 4.69) is 26.2 Å². The molecule has 1 aliphatic carbocycles. The lowest BCUT2D eigenvalue weighted by Crippen LogP contribution is -2.39. The van der Waals surface area contributed by atoms with Crippen LogP contribution >= 0.6 is 15.9 Å². The van der Waals surface area contributed by atoms with Crippen LogP contribution in [-0.4, -0.2) is 47.6 Å². The van der Waals surface area contributed by atoms with Crippen molar-refractivity contribution in [2.75, 3.05) is 26.0 Å². The summed E-state index contributed by atoms with van der Waals surface area (Å²) in [6.45, 7) is 0.672. The summed E-state index contributed by atoms with van der Waals surface area (Å²) in [6.07, 6.45) is 3.04. The standard InChI is InChI=1S/C13H18BrN3O2/c1-15-12-11(5-9(14)6-16-12)13(19)17(2)7-8-3-10(18)4-8/h5-6,8,10,18H,3-4,7H2,1-2H3,(H,15,16). The van der Waals surface area contributed by atoms with E-state index in [1.165, 1.54) is 0 Å². The summed E-state index contributed by atoms with van der Waals surface area (Å²) in [7, 11) is 3.53. The average Bonchev–Trinajstić information content (AvgIpc) is 2.35. The molecular formula is C13H18BrN3O2. The van der Waals surface area contributed by atoms with Gasteiger partial charge in [-0.05, 0) is 40.8 Å². The fourth-order valence-electron chi connectivity index (χ4n) is 2.33. The van der Waals surface area contributed by atoms with Crippen LogP contribution in [0.15, 0.2) is 16.7 Å². The van der Waals surface area contributed by atoms with E-state index < -0.39 is 0 Å². The quantitative estimate of drug-likeness (QED) is 0.883. The first kappa shape index (κ1) is 14.3. The summed E-state index contributed by atoms with van der Waals surface area (Å²) in [4.78, 5) is 18.3. The first-order valence-corrected chi connectivity index (χ1v) is 7.07. The van der Waals surface area contributed by atoms with Gasteiger partial charge in [0.25, 0.3) is 5.91 Å². The van der Waals surface area contributed by atoms with Gasteiger partial charge in [0.2, 0.25) is 0 Å². The molecule has 1 amide bonds. The Morgan fingerprint density at radius 1 is 1.63 bits per heavy atom. The lowest BCUT2D eigenvalue weighted by atomic mass is 9.82. The molecule has 0 atom stereocenters. The highest BCUT2D eigenvalue weighted by Gasteiger charge is 2.29. The molecular weight excluding hydrogens is 310 g/mol. The zero-order chi connectivity index (χ0) is 14.0. The number of amides is 1. The van der Waals surface area contributed by atoms with E-state index in [-0.39, 0.29) is 12.0 Å². The molecule has 19 heavy (non-hydrogen) atoms. The second-order valence-corrected chi connectivity index (χ2v) is 5.89. The predicted octanol–water partition coefficient (Wildman–Crippen LogP) is 1.73. The number of rotatable bonds is 4. The van der Waals surface area contributed by atoms with Gasteiger partial charge in [-0.15, -0.1) is 0 Å². The summed E-state index contributed by atoms with van der Waals surface area (Å²) in [5.41, 5.74) is 0.555. The first-order valence-electron chi connectivity index (χ1n) is 6.28. The number of carbonyl (C=O) groups is 1. The Kier molecular flexibility index (Phi) is 4.42. The zero-order valence-electron chi connectivity index (χ0n) is 11.1. The van der Waals surface area contributed by atoms with Crippen LogP contribution in [0.4, 0.5) is 5.82 Å². The molecule has 104 valence electrons. The monoisotopic (exact) mass is 327 g/mol. The van der Waals surface area contributed by atoms with Crippen molar-refractivity contribution in [2.45, 2.75) is 18.9 Å². The smallest absolute Gasteiger partial charge is 0.257 e. The summed E-state index contributed by atoms with van der Waals surface area (Å²) in [5, 5.41) is 12.2. The highest BCUT2D eigenvalue weighted by Crippen LogP contribution is 2.28. The summed E-state index contributed by atoms with van der Waals surface area (Å²) < 4.78 is 0.780. The summed E-state index contributed by atoms with van der Waals surface area (Å²) >= 11 is 3.33. The Labute approximate surface area is 121 Å². The Balaban J connectivity index is 2.07. The average molecular weight is 328 g/mol. The molecule has 0 radical (unpaired) electrons. The van der Waals surface area contributed by atoms with Gasteiger partial charge in [0.1, 0.15) is 5.82 Å². The third-order valence-corrected chi connectivity index (χ3v) is 3.84. The Hall–Kier alpha value is -1.14. The van der Waals surface area contributed by atoms with Crippen molar-refractivity contribution in [1.29, 1.82) is 0 Å². The van der Waals surface area contributed by atoms with E-state index in [0.29, 0.717) is 23.8 Å². The third kappa shape index (κ3) is 3.25. The van der Waals surface area contributed by atoms with E-state index in [1.807, 2.05) is 0 Å². The summed E-state index contributed by atoms with van der Waals surface area (Å²) in [6, 6.07) is 1.77. The van der Waals surface area contributed by atoms with Gasteiger partial charge in [-0.1, -0.05) is 0 Å². The summed E-state index contributed by atoms with van der Waals surface area (Å²) in [5.74, 6) is 0.926. The number of halogens is 1. The number of nitrogens with zero attached hydrogens (tertiary/aromatic N) is 2. The highest BCUT2D eigenvalue weighted by molar-refractivity contribution is 9.10. The van der Waals surface area contributed by atoms with Crippen molar-refractivity contribution in [3.63, 3.8) is 0 Å². The topological polar surface area (TPSA) is 65.5 Å². The normalized spacial score (nSPS) is 21.7. The van der Waals surface area contributed by atoms with Gasteiger partial charge in [-0.25, -0.2) is 4.98 Å². The molecule has 0 bridgehead atoms. The number of nitrogens with one attached hydrogen (secondary N) is 1. The number of aliphatic hydroxyl groups is 1. The van der Waals surface area contributed by atoms with Gasteiger partial charge in [0.15, 0.2) is 0 Å². The molecule has 1 saturated carbocycles. The van der Waals surface area contributed by atoms with Crippen LogP contribution in [0.3, 0.4) is 0 Å². The van der Waals surface area contributed by atoms with Crippen molar-refractivity contribution >= 4 is 27.7 Å². The minimum absolute atomic E-state index is 0.0560. The number of hydrogen-bond acceptors (Lipinski definition) is 4. The number of carbonyl (C=O) groups excluding carboxylic acids is 1.